The first kappa shape index (κ1) is 9.43. The minimum atomic E-state index is -0.726. The molecule has 1 atom stereocenters. The van der Waals surface area contributed by atoms with Crippen LogP contribution in [0.2, 0.25) is 0 Å². The highest BCUT2D eigenvalue weighted by molar-refractivity contribution is 5.69. The van der Waals surface area contributed by atoms with Crippen LogP contribution in [0.15, 0.2) is 0 Å². The summed E-state index contributed by atoms with van der Waals surface area (Å²) in [7, 11) is 1.62. The van der Waals surface area contributed by atoms with Crippen LogP contribution in [-0.4, -0.2) is 24.8 Å². The first-order valence-corrected chi connectivity index (χ1v) is 3.40. The maximum atomic E-state index is 10.3. The zero-order valence-electron chi connectivity index (χ0n) is 6.46. The monoisotopic (exact) mass is 146 g/mol. The van der Waals surface area contributed by atoms with Gasteiger partial charge in [0.15, 0.2) is 0 Å². The lowest BCUT2D eigenvalue weighted by Crippen LogP contribution is -2.09. The Kier molecular flexibility index (Phi) is 4.94. The van der Waals surface area contributed by atoms with E-state index in [9.17, 15) is 4.79 Å². The van der Waals surface area contributed by atoms with Gasteiger partial charge in [-0.2, -0.15) is 0 Å². The average molecular weight is 146 g/mol. The zero-order valence-corrected chi connectivity index (χ0v) is 6.46. The Morgan fingerprint density at radius 1 is 1.70 bits per heavy atom. The molecule has 0 aromatic carbocycles. The second-order valence-corrected chi connectivity index (χ2v) is 2.37. The Morgan fingerprint density at radius 3 is 2.70 bits per heavy atom. The largest absolute Gasteiger partial charge is 0.481 e. The Morgan fingerprint density at radius 2 is 2.30 bits per heavy atom. The fourth-order valence-electron chi connectivity index (χ4n) is 0.657. The molecule has 0 fully saturated rings. The quantitative estimate of drug-likeness (QED) is 0.591. The molecule has 10 heavy (non-hydrogen) atoms. The first-order chi connectivity index (χ1) is 4.68. The lowest BCUT2D eigenvalue weighted by molar-refractivity contribution is -0.141. The Labute approximate surface area is 61.0 Å². The third-order valence-corrected chi connectivity index (χ3v) is 1.41. The summed E-state index contributed by atoms with van der Waals surface area (Å²) in [5.41, 5.74) is 0. The van der Waals surface area contributed by atoms with Crippen LogP contribution >= 0.6 is 0 Å². The SMILES string of the molecule is COCCCC(C)C(=O)O. The van der Waals surface area contributed by atoms with E-state index in [1.807, 2.05) is 0 Å². The van der Waals surface area contributed by atoms with Crippen molar-refractivity contribution in [1.82, 2.24) is 0 Å². The molecule has 0 heterocycles. The molecule has 0 saturated heterocycles. The highest BCUT2D eigenvalue weighted by Crippen LogP contribution is 2.04. The van der Waals surface area contributed by atoms with Gasteiger partial charge in [-0.05, 0) is 12.8 Å². The summed E-state index contributed by atoms with van der Waals surface area (Å²) in [6, 6.07) is 0. The minimum Gasteiger partial charge on any atom is -0.481 e. The molecule has 1 N–H and O–H groups in total. The predicted octanol–water partition coefficient (Wildman–Crippen LogP) is 1.13. The van der Waals surface area contributed by atoms with E-state index in [0.717, 1.165) is 6.42 Å². The molecule has 0 saturated carbocycles. The topological polar surface area (TPSA) is 46.5 Å². The number of rotatable bonds is 5. The van der Waals surface area contributed by atoms with Crippen LogP contribution in [0.4, 0.5) is 0 Å². The van der Waals surface area contributed by atoms with Gasteiger partial charge in [-0.25, -0.2) is 0 Å². The highest BCUT2D eigenvalue weighted by atomic mass is 16.5. The Hall–Kier alpha value is -0.570. The van der Waals surface area contributed by atoms with Gasteiger partial charge < -0.3 is 9.84 Å². The molecule has 3 heteroatoms. The van der Waals surface area contributed by atoms with E-state index in [0.29, 0.717) is 13.0 Å². The van der Waals surface area contributed by atoms with Crippen molar-refractivity contribution in [3.63, 3.8) is 0 Å². The standard InChI is InChI=1S/C7H14O3/c1-6(7(8)9)4-3-5-10-2/h6H,3-5H2,1-2H3,(H,8,9). The summed E-state index contributed by atoms with van der Waals surface area (Å²) in [6.07, 6.45) is 1.52. The van der Waals surface area contributed by atoms with Gasteiger partial charge in [-0.3, -0.25) is 4.79 Å². The Balaban J connectivity index is 3.21. The average Bonchev–Trinajstić information content (AvgIpc) is 1.88. The number of carboxylic acids is 1. The molecule has 1 unspecified atom stereocenters. The van der Waals surface area contributed by atoms with Crippen LogP contribution in [0.5, 0.6) is 0 Å². The van der Waals surface area contributed by atoms with Gasteiger partial charge in [0, 0.05) is 13.7 Å². The number of ether oxygens (including phenoxy) is 1. The summed E-state index contributed by atoms with van der Waals surface area (Å²) < 4.78 is 4.78. The fraction of sp³-hybridized carbons (Fsp3) is 0.857. The molecular weight excluding hydrogens is 132 g/mol. The van der Waals surface area contributed by atoms with E-state index in [1.165, 1.54) is 0 Å². The Bertz CT molecular complexity index is 101. The molecule has 3 nitrogen and oxygen atoms in total. The minimum absolute atomic E-state index is 0.241. The summed E-state index contributed by atoms with van der Waals surface area (Å²) in [4.78, 5) is 10.3. The molecule has 0 aromatic heterocycles. The van der Waals surface area contributed by atoms with Crippen LogP contribution in [0, 0.1) is 5.92 Å². The maximum Gasteiger partial charge on any atom is 0.306 e. The van der Waals surface area contributed by atoms with Crippen LogP contribution in [-0.2, 0) is 9.53 Å². The molecule has 0 aliphatic heterocycles. The van der Waals surface area contributed by atoms with Gasteiger partial charge in [0.2, 0.25) is 0 Å². The zero-order chi connectivity index (χ0) is 7.98. The highest BCUT2D eigenvalue weighted by Gasteiger charge is 2.08. The molecule has 0 amide bonds. The molecular formula is C7H14O3. The number of hydrogen-bond donors (Lipinski definition) is 1. The third kappa shape index (κ3) is 4.32. The van der Waals surface area contributed by atoms with E-state index in [4.69, 9.17) is 9.84 Å². The summed E-state index contributed by atoms with van der Waals surface area (Å²) in [5.74, 6) is -0.966. The number of carboxylic acid groups (broad SMARTS) is 1. The van der Waals surface area contributed by atoms with E-state index >= 15 is 0 Å². The first-order valence-electron chi connectivity index (χ1n) is 3.40. The maximum absolute atomic E-state index is 10.3. The van der Waals surface area contributed by atoms with Crippen molar-refractivity contribution in [2.24, 2.45) is 5.92 Å². The second kappa shape index (κ2) is 5.23. The number of methoxy groups -OCH3 is 1. The molecule has 0 aliphatic rings. The van der Waals surface area contributed by atoms with Crippen molar-refractivity contribution in [3.05, 3.63) is 0 Å². The van der Waals surface area contributed by atoms with Gasteiger partial charge in [-0.1, -0.05) is 6.92 Å². The predicted molar refractivity (Wildman–Crippen MR) is 37.9 cm³/mol. The van der Waals surface area contributed by atoms with Gasteiger partial charge in [-0.15, -0.1) is 0 Å². The van der Waals surface area contributed by atoms with Gasteiger partial charge in [0.05, 0.1) is 5.92 Å². The van der Waals surface area contributed by atoms with Gasteiger partial charge in [0.1, 0.15) is 0 Å². The smallest absolute Gasteiger partial charge is 0.306 e. The molecule has 0 radical (unpaired) electrons. The van der Waals surface area contributed by atoms with Crippen molar-refractivity contribution in [2.45, 2.75) is 19.8 Å². The lowest BCUT2D eigenvalue weighted by Gasteiger charge is -2.03. The van der Waals surface area contributed by atoms with Gasteiger partial charge >= 0.3 is 5.97 Å². The fourth-order valence-corrected chi connectivity index (χ4v) is 0.657. The van der Waals surface area contributed by atoms with Crippen LogP contribution in [0.25, 0.3) is 0 Å². The van der Waals surface area contributed by atoms with Crippen molar-refractivity contribution in [1.29, 1.82) is 0 Å². The summed E-state index contributed by atoms with van der Waals surface area (Å²) in [6.45, 7) is 2.36. The summed E-state index contributed by atoms with van der Waals surface area (Å²) >= 11 is 0. The molecule has 0 rings (SSSR count). The molecule has 0 spiro atoms. The van der Waals surface area contributed by atoms with E-state index in [2.05, 4.69) is 0 Å². The molecule has 0 aromatic rings. The van der Waals surface area contributed by atoms with Crippen LogP contribution in [0.3, 0.4) is 0 Å². The number of aliphatic carboxylic acids is 1. The van der Waals surface area contributed by atoms with Crippen molar-refractivity contribution >= 4 is 5.97 Å². The van der Waals surface area contributed by atoms with Crippen molar-refractivity contribution < 1.29 is 14.6 Å². The van der Waals surface area contributed by atoms with Crippen LogP contribution in [0.1, 0.15) is 19.8 Å². The molecule has 0 bridgehead atoms. The van der Waals surface area contributed by atoms with Crippen LogP contribution < -0.4 is 0 Å². The number of carbonyl (C=O) groups is 1. The van der Waals surface area contributed by atoms with E-state index < -0.39 is 5.97 Å². The molecule has 0 aliphatic carbocycles. The van der Waals surface area contributed by atoms with Crippen molar-refractivity contribution in [2.75, 3.05) is 13.7 Å². The van der Waals surface area contributed by atoms with E-state index in [1.54, 1.807) is 14.0 Å². The number of hydrogen-bond acceptors (Lipinski definition) is 2. The van der Waals surface area contributed by atoms with Crippen molar-refractivity contribution in [3.8, 4) is 0 Å². The molecule has 60 valence electrons. The van der Waals surface area contributed by atoms with Gasteiger partial charge in [0.25, 0.3) is 0 Å². The third-order valence-electron chi connectivity index (χ3n) is 1.41. The normalized spacial score (nSPS) is 13.0. The summed E-state index contributed by atoms with van der Waals surface area (Å²) in [5, 5.41) is 8.44. The van der Waals surface area contributed by atoms with E-state index in [-0.39, 0.29) is 5.92 Å². The lowest BCUT2D eigenvalue weighted by atomic mass is 10.1. The second-order valence-electron chi connectivity index (χ2n) is 2.37.